The number of benzene rings is 1. The monoisotopic (exact) mass is 412 g/mol. The van der Waals surface area contributed by atoms with Crippen molar-refractivity contribution in [2.45, 2.75) is 12.1 Å². The Morgan fingerprint density at radius 2 is 1.92 bits per heavy atom. The van der Waals surface area contributed by atoms with Crippen LogP contribution in [0, 0.1) is 0 Å². The molecule has 0 saturated carbocycles. The van der Waals surface area contributed by atoms with Crippen molar-refractivity contribution in [3.8, 4) is 0 Å². The number of aryl methyl sites for hydroxylation is 1. The molecule has 126 valence electrons. The van der Waals surface area contributed by atoms with Crippen LogP contribution in [-0.4, -0.2) is 14.7 Å². The molecule has 0 aliphatic carbocycles. The van der Waals surface area contributed by atoms with Gasteiger partial charge in [0.1, 0.15) is 0 Å². The van der Waals surface area contributed by atoms with Crippen LogP contribution in [0.2, 0.25) is 0 Å². The van der Waals surface area contributed by atoms with E-state index in [1.165, 1.54) is 5.56 Å². The SMILES string of the molecule is Cn1ccc([C@@H]2[C@H](c3ccccn3)NC(=S)N2c2ccc(Br)cc2)c1. The average Bonchev–Trinajstić information content (AvgIpc) is 3.20. The van der Waals surface area contributed by atoms with Crippen LogP contribution in [0.3, 0.4) is 0 Å². The van der Waals surface area contributed by atoms with Gasteiger partial charge < -0.3 is 14.8 Å². The van der Waals surface area contributed by atoms with E-state index < -0.39 is 0 Å². The highest BCUT2D eigenvalue weighted by Crippen LogP contribution is 2.41. The number of halogens is 1. The zero-order valence-corrected chi connectivity index (χ0v) is 16.0. The molecule has 3 aromatic rings. The molecule has 4 rings (SSSR count). The van der Waals surface area contributed by atoms with Gasteiger partial charge in [0.2, 0.25) is 0 Å². The van der Waals surface area contributed by atoms with Gasteiger partial charge in [-0.15, -0.1) is 0 Å². The van der Waals surface area contributed by atoms with Crippen LogP contribution < -0.4 is 10.2 Å². The van der Waals surface area contributed by atoms with E-state index in [1.54, 1.807) is 0 Å². The number of aromatic nitrogens is 2. The number of hydrogen-bond acceptors (Lipinski definition) is 2. The van der Waals surface area contributed by atoms with Gasteiger partial charge in [-0.1, -0.05) is 22.0 Å². The van der Waals surface area contributed by atoms with E-state index in [1.807, 2.05) is 43.6 Å². The molecule has 1 aliphatic heterocycles. The predicted octanol–water partition coefficient (Wildman–Crippen LogP) is 4.36. The summed E-state index contributed by atoms with van der Waals surface area (Å²) in [6, 6.07) is 16.4. The van der Waals surface area contributed by atoms with E-state index in [0.29, 0.717) is 5.11 Å². The maximum atomic E-state index is 5.68. The first-order chi connectivity index (χ1) is 12.1. The second kappa shape index (κ2) is 6.61. The molecule has 1 saturated heterocycles. The van der Waals surface area contributed by atoms with Crippen LogP contribution in [-0.2, 0) is 7.05 Å². The first-order valence-corrected chi connectivity index (χ1v) is 9.22. The van der Waals surface area contributed by atoms with E-state index >= 15 is 0 Å². The highest BCUT2D eigenvalue weighted by molar-refractivity contribution is 9.10. The van der Waals surface area contributed by atoms with Crippen molar-refractivity contribution < 1.29 is 0 Å². The summed E-state index contributed by atoms with van der Waals surface area (Å²) in [5.74, 6) is 0. The fraction of sp³-hybridized carbons (Fsp3) is 0.158. The van der Waals surface area contributed by atoms with Crippen LogP contribution in [0.1, 0.15) is 23.3 Å². The lowest BCUT2D eigenvalue weighted by Gasteiger charge is -2.27. The standard InChI is InChI=1S/C19H17BrN4S/c1-23-11-9-13(12-23)18-17(16-4-2-3-10-21-16)22-19(25)24(18)15-7-5-14(20)6-8-15/h2-12,17-18H,1H3,(H,22,25)/t17-,18+/m0/s1. The normalized spacial score (nSPS) is 19.9. The van der Waals surface area contributed by atoms with E-state index in [0.717, 1.165) is 15.9 Å². The molecule has 25 heavy (non-hydrogen) atoms. The number of nitrogens with one attached hydrogen (secondary N) is 1. The number of nitrogens with zero attached hydrogens (tertiary/aromatic N) is 3. The van der Waals surface area contributed by atoms with Crippen LogP contribution in [0.5, 0.6) is 0 Å². The Kier molecular flexibility index (Phi) is 4.31. The molecule has 0 radical (unpaired) electrons. The predicted molar refractivity (Wildman–Crippen MR) is 107 cm³/mol. The number of hydrogen-bond donors (Lipinski definition) is 1. The van der Waals surface area contributed by atoms with Crippen molar-refractivity contribution in [2.24, 2.45) is 7.05 Å². The molecule has 0 bridgehead atoms. The molecule has 1 N–H and O–H groups in total. The lowest BCUT2D eigenvalue weighted by Crippen LogP contribution is -2.29. The minimum absolute atomic E-state index is 0.000234. The lowest BCUT2D eigenvalue weighted by atomic mass is 9.99. The Labute approximate surface area is 160 Å². The molecule has 0 amide bonds. The minimum atomic E-state index is -0.000234. The molecule has 1 aromatic carbocycles. The Morgan fingerprint density at radius 1 is 1.12 bits per heavy atom. The van der Waals surface area contributed by atoms with E-state index in [4.69, 9.17) is 12.2 Å². The Hall–Kier alpha value is -2.18. The molecule has 1 fully saturated rings. The molecule has 3 heterocycles. The molecular weight excluding hydrogens is 396 g/mol. The molecule has 4 nitrogen and oxygen atoms in total. The summed E-state index contributed by atoms with van der Waals surface area (Å²) in [5, 5.41) is 4.18. The summed E-state index contributed by atoms with van der Waals surface area (Å²) in [6.45, 7) is 0. The lowest BCUT2D eigenvalue weighted by molar-refractivity contribution is 0.567. The smallest absolute Gasteiger partial charge is 0.174 e. The Bertz CT molecular complexity index is 891. The minimum Gasteiger partial charge on any atom is -0.357 e. The van der Waals surface area contributed by atoms with Crippen LogP contribution in [0.25, 0.3) is 0 Å². The van der Waals surface area contributed by atoms with Gasteiger partial charge >= 0.3 is 0 Å². The van der Waals surface area contributed by atoms with Crippen LogP contribution >= 0.6 is 28.1 Å². The number of thiocarbonyl (C=S) groups is 1. The van der Waals surface area contributed by atoms with Gasteiger partial charge in [-0.25, -0.2) is 0 Å². The summed E-state index contributed by atoms with van der Waals surface area (Å²) in [7, 11) is 2.03. The average molecular weight is 413 g/mol. The second-order valence-corrected chi connectivity index (χ2v) is 7.39. The Morgan fingerprint density at radius 3 is 2.56 bits per heavy atom. The number of pyridine rings is 1. The van der Waals surface area contributed by atoms with Crippen molar-refractivity contribution >= 4 is 38.9 Å². The summed E-state index contributed by atoms with van der Waals surface area (Å²) in [6.07, 6.45) is 6.03. The van der Waals surface area contributed by atoms with Gasteiger partial charge in [0.05, 0.1) is 17.8 Å². The van der Waals surface area contributed by atoms with Gasteiger partial charge in [-0.3, -0.25) is 4.98 Å². The van der Waals surface area contributed by atoms with Crippen LogP contribution in [0.4, 0.5) is 5.69 Å². The van der Waals surface area contributed by atoms with Crippen molar-refractivity contribution in [2.75, 3.05) is 4.90 Å². The largest absolute Gasteiger partial charge is 0.357 e. The first-order valence-electron chi connectivity index (χ1n) is 8.01. The van der Waals surface area contributed by atoms with Crippen molar-refractivity contribution in [1.82, 2.24) is 14.9 Å². The molecule has 0 spiro atoms. The molecule has 0 unspecified atom stereocenters. The summed E-state index contributed by atoms with van der Waals surface area (Å²) >= 11 is 9.19. The van der Waals surface area contributed by atoms with Gasteiger partial charge in [0, 0.05) is 35.8 Å². The van der Waals surface area contributed by atoms with Gasteiger partial charge in [-0.2, -0.15) is 0 Å². The zero-order chi connectivity index (χ0) is 17.4. The topological polar surface area (TPSA) is 33.1 Å². The zero-order valence-electron chi connectivity index (χ0n) is 13.6. The third kappa shape index (κ3) is 3.07. The maximum Gasteiger partial charge on any atom is 0.174 e. The molecule has 2 atom stereocenters. The number of rotatable bonds is 3. The Balaban J connectivity index is 1.81. The molecule has 6 heteroatoms. The van der Waals surface area contributed by atoms with Crippen molar-refractivity contribution in [1.29, 1.82) is 0 Å². The third-order valence-electron chi connectivity index (χ3n) is 4.40. The van der Waals surface area contributed by atoms with E-state index in [9.17, 15) is 0 Å². The van der Waals surface area contributed by atoms with Crippen LogP contribution in [0.15, 0.2) is 71.6 Å². The van der Waals surface area contributed by atoms with Crippen molar-refractivity contribution in [3.05, 3.63) is 82.9 Å². The fourth-order valence-electron chi connectivity index (χ4n) is 3.27. The quantitative estimate of drug-likeness (QED) is 0.647. The third-order valence-corrected chi connectivity index (χ3v) is 5.24. The highest BCUT2D eigenvalue weighted by Gasteiger charge is 2.40. The summed E-state index contributed by atoms with van der Waals surface area (Å²) in [4.78, 5) is 6.73. The van der Waals surface area contributed by atoms with Gasteiger partial charge in [0.25, 0.3) is 0 Å². The van der Waals surface area contributed by atoms with Gasteiger partial charge in [0.15, 0.2) is 5.11 Å². The number of anilines is 1. The molecular formula is C19H17BrN4S. The van der Waals surface area contributed by atoms with E-state index in [-0.39, 0.29) is 12.1 Å². The highest BCUT2D eigenvalue weighted by atomic mass is 79.9. The fourth-order valence-corrected chi connectivity index (χ4v) is 3.88. The van der Waals surface area contributed by atoms with E-state index in [2.05, 4.69) is 66.3 Å². The molecule has 2 aromatic heterocycles. The summed E-state index contributed by atoms with van der Waals surface area (Å²) < 4.78 is 3.11. The van der Waals surface area contributed by atoms with Crippen molar-refractivity contribution in [3.63, 3.8) is 0 Å². The second-order valence-electron chi connectivity index (χ2n) is 6.08. The summed E-state index contributed by atoms with van der Waals surface area (Å²) in [5.41, 5.74) is 3.25. The first kappa shape index (κ1) is 16.3. The van der Waals surface area contributed by atoms with Gasteiger partial charge in [-0.05, 0) is 60.2 Å². The molecule has 1 aliphatic rings. The maximum absolute atomic E-state index is 5.68.